The fourth-order valence-electron chi connectivity index (χ4n) is 3.83. The van der Waals surface area contributed by atoms with E-state index in [1.54, 1.807) is 14.1 Å². The highest BCUT2D eigenvalue weighted by Crippen LogP contribution is 2.41. The minimum atomic E-state index is -2.31. The normalized spacial score (nSPS) is 58.0. The lowest BCUT2D eigenvalue weighted by Crippen LogP contribution is -2.79. The van der Waals surface area contributed by atoms with Crippen molar-refractivity contribution in [3.05, 3.63) is 0 Å². The van der Waals surface area contributed by atoms with Crippen molar-refractivity contribution < 1.29 is 39.7 Å². The minimum Gasteiger partial charge on any atom is -0.390 e. The molecule has 0 aromatic rings. The molecule has 0 aromatic carbocycles. The number of hydrogen-bond acceptors (Lipinski definition) is 10. The average Bonchev–Trinajstić information content (AvgIpc) is 2.54. The van der Waals surface area contributed by atoms with Gasteiger partial charge in [-0.15, -0.1) is 0 Å². The number of fused-ring (bicyclic) bond motifs is 2. The predicted molar refractivity (Wildman–Crippen MR) is 78.8 cm³/mol. The van der Waals surface area contributed by atoms with Crippen LogP contribution in [0.4, 0.5) is 0 Å². The number of likely N-dealkylation sites (N-methyl/N-ethyl adjacent to an activating group) is 2. The Morgan fingerprint density at radius 3 is 2.04 bits per heavy atom. The summed E-state index contributed by atoms with van der Waals surface area (Å²) in [5.41, 5.74) is 0. The first kappa shape index (κ1) is 18.4. The molecule has 3 rings (SSSR count). The molecular formula is C14H26N2O8. The maximum atomic E-state index is 10.7. The van der Waals surface area contributed by atoms with Gasteiger partial charge in [-0.1, -0.05) is 0 Å². The number of aliphatic hydroxyl groups excluding tert-OH is 4. The van der Waals surface area contributed by atoms with Crippen molar-refractivity contribution in [2.45, 2.75) is 73.8 Å². The van der Waals surface area contributed by atoms with Crippen molar-refractivity contribution in [3.63, 3.8) is 0 Å². The van der Waals surface area contributed by atoms with Crippen LogP contribution in [-0.2, 0) is 14.2 Å². The number of hydrogen-bond donors (Lipinski definition) is 7. The van der Waals surface area contributed by atoms with Crippen LogP contribution in [0.25, 0.3) is 0 Å². The predicted octanol–water partition coefficient (Wildman–Crippen LogP) is -4.16. The Bertz CT molecular complexity index is 470. The molecule has 2 saturated heterocycles. The molecule has 24 heavy (non-hydrogen) atoms. The molecule has 0 bridgehead atoms. The van der Waals surface area contributed by atoms with Crippen molar-refractivity contribution in [2.75, 3.05) is 14.1 Å². The molecule has 10 nitrogen and oxygen atoms in total. The lowest BCUT2D eigenvalue weighted by atomic mass is 9.79. The van der Waals surface area contributed by atoms with Crippen LogP contribution in [0.15, 0.2) is 0 Å². The van der Waals surface area contributed by atoms with E-state index in [4.69, 9.17) is 14.2 Å². The Morgan fingerprint density at radius 2 is 1.46 bits per heavy atom. The van der Waals surface area contributed by atoms with Crippen molar-refractivity contribution in [1.82, 2.24) is 10.6 Å². The highest BCUT2D eigenvalue weighted by atomic mass is 16.8. The fourth-order valence-corrected chi connectivity index (χ4v) is 3.83. The zero-order chi connectivity index (χ0) is 17.8. The van der Waals surface area contributed by atoms with E-state index in [0.29, 0.717) is 0 Å². The van der Waals surface area contributed by atoms with Gasteiger partial charge in [0.25, 0.3) is 0 Å². The first-order chi connectivity index (χ1) is 11.3. The van der Waals surface area contributed by atoms with E-state index >= 15 is 0 Å². The first-order valence-electron chi connectivity index (χ1n) is 8.04. The van der Waals surface area contributed by atoms with Gasteiger partial charge in [-0.25, -0.2) is 0 Å². The third kappa shape index (κ3) is 2.50. The summed E-state index contributed by atoms with van der Waals surface area (Å²) < 4.78 is 16.8. The fraction of sp³-hybridized carbons (Fsp3) is 1.00. The molecule has 140 valence electrons. The van der Waals surface area contributed by atoms with E-state index in [0.717, 1.165) is 0 Å². The van der Waals surface area contributed by atoms with E-state index in [-0.39, 0.29) is 0 Å². The van der Waals surface area contributed by atoms with Gasteiger partial charge in [0.1, 0.15) is 30.5 Å². The molecule has 0 radical (unpaired) electrons. The lowest BCUT2D eigenvalue weighted by molar-refractivity contribution is -0.473. The van der Waals surface area contributed by atoms with Crippen molar-refractivity contribution in [3.8, 4) is 0 Å². The van der Waals surface area contributed by atoms with E-state index in [2.05, 4.69) is 10.6 Å². The molecule has 2 aliphatic heterocycles. The molecule has 1 saturated carbocycles. The van der Waals surface area contributed by atoms with Crippen LogP contribution >= 0.6 is 0 Å². The van der Waals surface area contributed by atoms with Crippen LogP contribution < -0.4 is 10.6 Å². The summed E-state index contributed by atoms with van der Waals surface area (Å²) >= 11 is 0. The third-order valence-electron chi connectivity index (χ3n) is 5.29. The highest BCUT2D eigenvalue weighted by Gasteiger charge is 2.65. The molecule has 3 fully saturated rings. The molecule has 0 amide bonds. The molecule has 2 heterocycles. The Labute approximate surface area is 139 Å². The van der Waals surface area contributed by atoms with Crippen LogP contribution in [0.1, 0.15) is 6.92 Å². The topological polar surface area (TPSA) is 153 Å². The highest BCUT2D eigenvalue weighted by molar-refractivity contribution is 5.10. The van der Waals surface area contributed by atoms with Crippen molar-refractivity contribution in [1.29, 1.82) is 0 Å². The van der Waals surface area contributed by atoms with Crippen LogP contribution in [0.2, 0.25) is 0 Å². The Balaban J connectivity index is 1.93. The second-order valence-electron chi connectivity index (χ2n) is 6.65. The van der Waals surface area contributed by atoms with Gasteiger partial charge in [-0.05, 0) is 21.0 Å². The van der Waals surface area contributed by atoms with Crippen molar-refractivity contribution in [2.24, 2.45) is 0 Å². The Hall–Kier alpha value is -0.400. The molecule has 0 spiro atoms. The van der Waals surface area contributed by atoms with Gasteiger partial charge < -0.3 is 50.4 Å². The number of nitrogens with one attached hydrogen (secondary N) is 2. The maximum Gasteiger partial charge on any atom is 0.248 e. The lowest BCUT2D eigenvalue weighted by Gasteiger charge is -2.57. The van der Waals surface area contributed by atoms with Gasteiger partial charge in [0, 0.05) is 0 Å². The summed E-state index contributed by atoms with van der Waals surface area (Å²) in [4.78, 5) is 0. The largest absolute Gasteiger partial charge is 0.390 e. The molecule has 1 aliphatic carbocycles. The maximum absolute atomic E-state index is 10.7. The second-order valence-corrected chi connectivity index (χ2v) is 6.65. The zero-order valence-corrected chi connectivity index (χ0v) is 13.7. The van der Waals surface area contributed by atoms with Gasteiger partial charge in [-0.2, -0.15) is 0 Å². The first-order valence-corrected chi connectivity index (χ1v) is 8.04. The van der Waals surface area contributed by atoms with Crippen LogP contribution in [0, 0.1) is 0 Å². The van der Waals surface area contributed by atoms with Gasteiger partial charge in [0.15, 0.2) is 0 Å². The molecule has 0 aromatic heterocycles. The number of ether oxygens (including phenoxy) is 3. The third-order valence-corrected chi connectivity index (χ3v) is 5.29. The molecule has 3 aliphatic rings. The summed E-state index contributed by atoms with van der Waals surface area (Å²) in [6.07, 6.45) is -9.27. The standard InChI is InChI=1S/C14H26N2O8/c1-4-7(17)12(20)14(21)13(22-4)23-11-9(19)5(15-2)8(18)6(16-3)10(11)24-14/h4-13,15-21H,1-3H3/t4-,5-,6+,7+,8+,9+,10-,11-,12+,13+,14+/m1/s1. The van der Waals surface area contributed by atoms with E-state index in [1.165, 1.54) is 6.92 Å². The quantitative estimate of drug-likeness (QED) is 0.261. The van der Waals surface area contributed by atoms with Crippen molar-refractivity contribution >= 4 is 0 Å². The van der Waals surface area contributed by atoms with E-state index in [1.807, 2.05) is 0 Å². The monoisotopic (exact) mass is 350 g/mol. The van der Waals surface area contributed by atoms with Crippen LogP contribution in [0.3, 0.4) is 0 Å². The molecule has 7 N–H and O–H groups in total. The van der Waals surface area contributed by atoms with Crippen LogP contribution in [0.5, 0.6) is 0 Å². The molecule has 0 unspecified atom stereocenters. The molecule has 10 heteroatoms. The minimum absolute atomic E-state index is 0.685. The summed E-state index contributed by atoms with van der Waals surface area (Å²) in [5.74, 6) is -2.31. The van der Waals surface area contributed by atoms with E-state index in [9.17, 15) is 25.5 Å². The molecule has 11 atom stereocenters. The smallest absolute Gasteiger partial charge is 0.248 e. The van der Waals surface area contributed by atoms with Gasteiger partial charge in [-0.3, -0.25) is 0 Å². The van der Waals surface area contributed by atoms with Gasteiger partial charge in [0.2, 0.25) is 12.1 Å². The summed E-state index contributed by atoms with van der Waals surface area (Å²) in [7, 11) is 3.20. The Kier molecular flexibility index (Phi) is 4.90. The number of aliphatic hydroxyl groups is 5. The van der Waals surface area contributed by atoms with Crippen LogP contribution in [-0.4, -0.2) is 107 Å². The summed E-state index contributed by atoms with van der Waals surface area (Å²) in [5, 5.41) is 57.6. The van der Waals surface area contributed by atoms with Gasteiger partial charge in [0.05, 0.1) is 24.3 Å². The Morgan fingerprint density at radius 1 is 0.833 bits per heavy atom. The second kappa shape index (κ2) is 6.40. The van der Waals surface area contributed by atoms with E-state index < -0.39 is 66.9 Å². The van der Waals surface area contributed by atoms with Gasteiger partial charge >= 0.3 is 0 Å². The summed E-state index contributed by atoms with van der Waals surface area (Å²) in [6, 6.07) is -1.38. The molecular weight excluding hydrogens is 324 g/mol. The average molecular weight is 350 g/mol. The zero-order valence-electron chi connectivity index (χ0n) is 13.7. The SMILES string of the molecule is CN[C@@H]1[C@H](O)[C@H](NC)[C@H]2O[C@]3(O)[C@H](O[C@@H]2[C@H]1O)O[C@H](C)[C@H](O)[C@@H]3O. The number of rotatable bonds is 2. The summed E-state index contributed by atoms with van der Waals surface area (Å²) in [6.45, 7) is 1.52.